The summed E-state index contributed by atoms with van der Waals surface area (Å²) in [4.78, 5) is 11.8. The first-order chi connectivity index (χ1) is 16.4. The molecule has 7 nitrogen and oxygen atoms in total. The Morgan fingerprint density at radius 2 is 1.91 bits per heavy atom. The molecule has 0 unspecified atom stereocenters. The van der Waals surface area contributed by atoms with E-state index in [9.17, 15) is 13.2 Å². The first-order valence-corrected chi connectivity index (χ1v) is 11.8. The molecular weight excluding hydrogens is 443 g/mol. The number of aromatic nitrogens is 5. The summed E-state index contributed by atoms with van der Waals surface area (Å²) in [7, 11) is 0. The number of benzene rings is 1. The topological polar surface area (TPSA) is 63.3 Å². The van der Waals surface area contributed by atoms with Crippen LogP contribution in [-0.4, -0.2) is 50.3 Å². The van der Waals surface area contributed by atoms with Crippen molar-refractivity contribution in [3.8, 4) is 0 Å². The number of hydrogen-bond donors (Lipinski definition) is 1. The molecule has 2 aliphatic heterocycles. The summed E-state index contributed by atoms with van der Waals surface area (Å²) in [5.74, 6) is 2.10. The van der Waals surface area contributed by atoms with Crippen molar-refractivity contribution >= 4 is 22.5 Å². The highest BCUT2D eigenvalue weighted by molar-refractivity contribution is 5.77. The molecule has 178 valence electrons. The summed E-state index contributed by atoms with van der Waals surface area (Å²) in [6.07, 6.45) is 0.0614. The first kappa shape index (κ1) is 21.4. The molecular formula is C24H26F3N7. The molecule has 2 aliphatic rings. The highest BCUT2D eigenvalue weighted by Crippen LogP contribution is 2.37. The lowest BCUT2D eigenvalue weighted by molar-refractivity contribution is -0.137. The number of aryl methyl sites for hydroxylation is 1. The minimum atomic E-state index is -4.38. The number of anilines is 1. The minimum Gasteiger partial charge on any atom is -0.355 e. The van der Waals surface area contributed by atoms with Gasteiger partial charge in [0.15, 0.2) is 5.65 Å². The van der Waals surface area contributed by atoms with Crippen LogP contribution in [0.4, 0.5) is 19.0 Å². The Morgan fingerprint density at radius 3 is 2.71 bits per heavy atom. The first-order valence-electron chi connectivity index (χ1n) is 11.8. The molecule has 0 saturated carbocycles. The van der Waals surface area contributed by atoms with E-state index in [-0.39, 0.29) is 5.92 Å². The number of halogens is 3. The fraction of sp³-hybridized carbons (Fsp3) is 0.458. The molecule has 34 heavy (non-hydrogen) atoms. The number of rotatable bonds is 4. The third-order valence-corrected chi connectivity index (χ3v) is 6.88. The van der Waals surface area contributed by atoms with Gasteiger partial charge < -0.3 is 14.8 Å². The number of hydrogen-bond acceptors (Lipinski definition) is 5. The standard InChI is InChI=1S/C24H26F3N7/c1-2-11-33-20-4-3-16(24(25,26)27)12-19(20)31-22(33)15-13-32(14-15)23-17-5-8-28-9-6-18(17)30-21-7-10-29-34(21)23/h3-4,7,10,12,15,28H,2,5-6,8-9,11,13-14H2,1H3. The van der Waals surface area contributed by atoms with Crippen LogP contribution < -0.4 is 10.2 Å². The van der Waals surface area contributed by atoms with Crippen molar-refractivity contribution in [3.63, 3.8) is 0 Å². The monoisotopic (exact) mass is 469 g/mol. The minimum absolute atomic E-state index is 0.145. The molecule has 5 heterocycles. The molecule has 0 aliphatic carbocycles. The van der Waals surface area contributed by atoms with Crippen molar-refractivity contribution in [1.29, 1.82) is 0 Å². The van der Waals surface area contributed by atoms with Gasteiger partial charge in [-0.25, -0.2) is 9.97 Å². The number of imidazole rings is 1. The van der Waals surface area contributed by atoms with Gasteiger partial charge >= 0.3 is 6.18 Å². The van der Waals surface area contributed by atoms with E-state index >= 15 is 0 Å². The molecule has 0 bridgehead atoms. The quantitative estimate of drug-likeness (QED) is 0.493. The van der Waals surface area contributed by atoms with Crippen LogP contribution in [0.3, 0.4) is 0 Å². The lowest BCUT2D eigenvalue weighted by Gasteiger charge is -2.41. The van der Waals surface area contributed by atoms with Gasteiger partial charge in [0.1, 0.15) is 11.6 Å². The van der Waals surface area contributed by atoms with Crippen LogP contribution in [0, 0.1) is 0 Å². The predicted octanol–water partition coefficient (Wildman–Crippen LogP) is 3.80. The second-order valence-electron chi connectivity index (χ2n) is 9.14. The molecule has 0 spiro atoms. The van der Waals surface area contributed by atoms with Gasteiger partial charge in [-0.2, -0.15) is 22.8 Å². The van der Waals surface area contributed by atoms with E-state index in [2.05, 4.69) is 26.8 Å². The van der Waals surface area contributed by atoms with Crippen LogP contribution in [0.25, 0.3) is 16.7 Å². The zero-order valence-electron chi connectivity index (χ0n) is 18.9. The van der Waals surface area contributed by atoms with E-state index in [4.69, 9.17) is 9.97 Å². The maximum Gasteiger partial charge on any atom is 0.416 e. The molecule has 1 aromatic carbocycles. The van der Waals surface area contributed by atoms with Crippen molar-refractivity contribution in [1.82, 2.24) is 29.5 Å². The molecule has 3 aromatic heterocycles. The summed E-state index contributed by atoms with van der Waals surface area (Å²) >= 11 is 0. The molecule has 0 amide bonds. The van der Waals surface area contributed by atoms with Gasteiger partial charge in [0.2, 0.25) is 0 Å². The number of fused-ring (bicyclic) bond motifs is 3. The van der Waals surface area contributed by atoms with Gasteiger partial charge in [0.05, 0.1) is 34.4 Å². The Kier molecular flexibility index (Phi) is 5.02. The van der Waals surface area contributed by atoms with Crippen LogP contribution in [0.15, 0.2) is 30.5 Å². The van der Waals surface area contributed by atoms with Crippen LogP contribution in [-0.2, 0) is 25.6 Å². The SMILES string of the molecule is CCCn1c(C2CN(c3c4c(nc5ccnn35)CCNCC4)C2)nc2cc(C(F)(F)F)ccc21. The Labute approximate surface area is 194 Å². The Bertz CT molecular complexity index is 1360. The summed E-state index contributed by atoms with van der Waals surface area (Å²) in [6, 6.07) is 5.81. The van der Waals surface area contributed by atoms with E-state index in [1.807, 2.05) is 10.6 Å². The van der Waals surface area contributed by atoms with E-state index in [0.29, 0.717) is 5.52 Å². The Balaban J connectivity index is 1.36. The van der Waals surface area contributed by atoms with Gasteiger partial charge in [-0.1, -0.05) is 6.92 Å². The molecule has 4 aromatic rings. The Hall–Kier alpha value is -3.14. The van der Waals surface area contributed by atoms with Gasteiger partial charge in [-0.05, 0) is 37.6 Å². The fourth-order valence-electron chi connectivity index (χ4n) is 5.25. The van der Waals surface area contributed by atoms with Crippen molar-refractivity contribution in [3.05, 3.63) is 53.1 Å². The smallest absolute Gasteiger partial charge is 0.355 e. The van der Waals surface area contributed by atoms with Gasteiger partial charge in [0, 0.05) is 44.2 Å². The lowest BCUT2D eigenvalue weighted by Crippen LogP contribution is -2.47. The highest BCUT2D eigenvalue weighted by Gasteiger charge is 2.37. The predicted molar refractivity (Wildman–Crippen MR) is 123 cm³/mol. The second kappa shape index (κ2) is 7.97. The molecule has 0 atom stereocenters. The van der Waals surface area contributed by atoms with Crippen molar-refractivity contribution < 1.29 is 13.2 Å². The fourth-order valence-corrected chi connectivity index (χ4v) is 5.25. The van der Waals surface area contributed by atoms with E-state index < -0.39 is 11.7 Å². The van der Waals surface area contributed by atoms with E-state index in [1.165, 1.54) is 11.6 Å². The maximum absolute atomic E-state index is 13.3. The molecule has 1 fully saturated rings. The number of alkyl halides is 3. The summed E-state index contributed by atoms with van der Waals surface area (Å²) in [6.45, 7) is 6.11. The summed E-state index contributed by atoms with van der Waals surface area (Å²) in [5, 5.41) is 7.98. The third kappa shape index (κ3) is 3.43. The van der Waals surface area contributed by atoms with Gasteiger partial charge in [0.25, 0.3) is 0 Å². The number of nitrogens with one attached hydrogen (secondary N) is 1. The van der Waals surface area contributed by atoms with E-state index in [0.717, 1.165) is 86.6 Å². The van der Waals surface area contributed by atoms with Crippen LogP contribution in [0.5, 0.6) is 0 Å². The normalized spacial score (nSPS) is 17.2. The van der Waals surface area contributed by atoms with E-state index in [1.54, 1.807) is 12.3 Å². The number of nitrogens with zero attached hydrogens (tertiary/aromatic N) is 6. The van der Waals surface area contributed by atoms with Crippen molar-refractivity contribution in [2.45, 2.75) is 44.8 Å². The third-order valence-electron chi connectivity index (χ3n) is 6.88. The van der Waals surface area contributed by atoms with Crippen LogP contribution >= 0.6 is 0 Å². The zero-order valence-corrected chi connectivity index (χ0v) is 18.9. The maximum atomic E-state index is 13.3. The molecule has 0 radical (unpaired) electrons. The zero-order chi connectivity index (χ0) is 23.4. The average Bonchev–Trinajstić information content (AvgIpc) is 3.29. The van der Waals surface area contributed by atoms with Gasteiger partial charge in [-0.3, -0.25) is 0 Å². The summed E-state index contributed by atoms with van der Waals surface area (Å²) < 4.78 is 43.8. The lowest BCUT2D eigenvalue weighted by atomic mass is 9.97. The molecule has 1 saturated heterocycles. The van der Waals surface area contributed by atoms with Gasteiger partial charge in [-0.15, -0.1) is 0 Å². The molecule has 10 heteroatoms. The Morgan fingerprint density at radius 1 is 1.09 bits per heavy atom. The largest absolute Gasteiger partial charge is 0.416 e. The van der Waals surface area contributed by atoms with Crippen LogP contribution in [0.2, 0.25) is 0 Å². The average molecular weight is 470 g/mol. The van der Waals surface area contributed by atoms with Crippen molar-refractivity contribution in [2.75, 3.05) is 31.1 Å². The second-order valence-corrected chi connectivity index (χ2v) is 9.14. The molecule has 6 rings (SSSR count). The highest BCUT2D eigenvalue weighted by atomic mass is 19.4. The van der Waals surface area contributed by atoms with Crippen LogP contribution in [0.1, 0.15) is 41.9 Å². The summed E-state index contributed by atoms with van der Waals surface area (Å²) in [5.41, 5.74) is 3.72. The van der Waals surface area contributed by atoms with Crippen molar-refractivity contribution in [2.24, 2.45) is 0 Å². The molecule has 1 N–H and O–H groups in total.